The zero-order valence-corrected chi connectivity index (χ0v) is 12.6. The number of halogens is 1. The molecule has 0 spiro atoms. The van der Waals surface area contributed by atoms with E-state index < -0.39 is 0 Å². The van der Waals surface area contributed by atoms with Crippen molar-refractivity contribution in [3.8, 4) is 11.8 Å². The lowest BCUT2D eigenvalue weighted by Crippen LogP contribution is -1.98. The Morgan fingerprint density at radius 2 is 2.10 bits per heavy atom. The molecule has 0 unspecified atom stereocenters. The molecule has 0 heterocycles. The summed E-state index contributed by atoms with van der Waals surface area (Å²) in [5.74, 6) is 0.742. The maximum absolute atomic E-state index is 8.79. The predicted octanol–water partition coefficient (Wildman–Crippen LogP) is 3.85. The molecule has 0 aromatic heterocycles. The molecule has 2 aromatic carbocycles. The van der Waals surface area contributed by atoms with Gasteiger partial charge in [-0.25, -0.2) is 0 Å². The molecule has 0 saturated heterocycles. The van der Waals surface area contributed by atoms with Crippen molar-refractivity contribution in [1.29, 1.82) is 5.26 Å². The van der Waals surface area contributed by atoms with Crippen LogP contribution in [0.15, 0.2) is 40.9 Å². The molecule has 0 saturated carbocycles. The number of nitrogen functional groups attached to an aromatic ring is 1. The van der Waals surface area contributed by atoms with Gasteiger partial charge in [0.1, 0.15) is 5.75 Å². The number of anilines is 3. The van der Waals surface area contributed by atoms with Gasteiger partial charge in [-0.05, 0) is 42.0 Å². The summed E-state index contributed by atoms with van der Waals surface area (Å²) in [5, 5.41) is 12.1. The molecule has 5 heteroatoms. The van der Waals surface area contributed by atoms with Gasteiger partial charge in [0.2, 0.25) is 0 Å². The van der Waals surface area contributed by atoms with Crippen LogP contribution in [0.1, 0.15) is 5.56 Å². The maximum Gasteiger partial charge on any atom is 0.142 e. The van der Waals surface area contributed by atoms with Gasteiger partial charge in [0, 0.05) is 15.8 Å². The van der Waals surface area contributed by atoms with Gasteiger partial charge in [-0.2, -0.15) is 5.26 Å². The predicted molar refractivity (Wildman–Crippen MR) is 84.1 cm³/mol. The highest BCUT2D eigenvalue weighted by atomic mass is 79.9. The molecule has 0 amide bonds. The van der Waals surface area contributed by atoms with Crippen LogP contribution in [-0.4, -0.2) is 7.11 Å². The van der Waals surface area contributed by atoms with Crippen LogP contribution in [0.3, 0.4) is 0 Å². The second-order valence-electron chi connectivity index (χ2n) is 4.22. The van der Waals surface area contributed by atoms with E-state index >= 15 is 0 Å². The molecular weight excluding hydrogens is 318 g/mol. The van der Waals surface area contributed by atoms with E-state index in [0.717, 1.165) is 27.2 Å². The average molecular weight is 332 g/mol. The molecule has 0 bridgehead atoms. The lowest BCUT2D eigenvalue weighted by molar-refractivity contribution is 0.417. The number of benzene rings is 2. The van der Waals surface area contributed by atoms with Crippen molar-refractivity contribution in [2.75, 3.05) is 18.2 Å². The molecule has 0 radical (unpaired) electrons. The fourth-order valence-electron chi connectivity index (χ4n) is 1.86. The fourth-order valence-corrected chi connectivity index (χ4v) is 2.22. The molecule has 0 aliphatic heterocycles. The van der Waals surface area contributed by atoms with Crippen LogP contribution in [0.25, 0.3) is 0 Å². The van der Waals surface area contributed by atoms with Gasteiger partial charge in [-0.1, -0.05) is 15.9 Å². The fraction of sp³-hybridized carbons (Fsp3) is 0.133. The van der Waals surface area contributed by atoms with Gasteiger partial charge >= 0.3 is 0 Å². The van der Waals surface area contributed by atoms with Gasteiger partial charge < -0.3 is 15.8 Å². The number of nitrogens with zero attached hydrogens (tertiary/aromatic N) is 1. The molecule has 0 atom stereocenters. The Morgan fingerprint density at radius 1 is 1.30 bits per heavy atom. The number of methoxy groups -OCH3 is 1. The van der Waals surface area contributed by atoms with Crippen molar-refractivity contribution >= 4 is 33.0 Å². The second-order valence-corrected chi connectivity index (χ2v) is 5.13. The number of ether oxygens (including phenoxy) is 1. The topological polar surface area (TPSA) is 71.1 Å². The molecule has 3 N–H and O–H groups in total. The van der Waals surface area contributed by atoms with Crippen molar-refractivity contribution in [1.82, 2.24) is 0 Å². The first kappa shape index (κ1) is 14.2. The second kappa shape index (κ2) is 6.31. The lowest BCUT2D eigenvalue weighted by atomic mass is 10.1. The van der Waals surface area contributed by atoms with Crippen LogP contribution >= 0.6 is 15.9 Å². The quantitative estimate of drug-likeness (QED) is 0.834. The number of nitrogens with one attached hydrogen (secondary N) is 1. The summed E-state index contributed by atoms with van der Waals surface area (Å²) in [6.07, 6.45) is 0.289. The average Bonchev–Trinajstić information content (AvgIpc) is 2.43. The Bertz CT molecular complexity index is 665. The molecular formula is C15H14BrN3O. The SMILES string of the molecule is COc1ccc(Br)cc1Nc1ccc(N)c(CC#N)c1. The summed E-state index contributed by atoms with van der Waals surface area (Å²) < 4.78 is 6.27. The van der Waals surface area contributed by atoms with Crippen molar-refractivity contribution in [2.45, 2.75) is 6.42 Å². The highest BCUT2D eigenvalue weighted by Gasteiger charge is 2.06. The molecule has 102 valence electrons. The molecule has 0 fully saturated rings. The van der Waals surface area contributed by atoms with Crippen LogP contribution in [0.4, 0.5) is 17.1 Å². The maximum atomic E-state index is 8.79. The van der Waals surface area contributed by atoms with E-state index in [2.05, 4.69) is 27.3 Å². The minimum atomic E-state index is 0.289. The van der Waals surface area contributed by atoms with Gasteiger partial charge in [-0.3, -0.25) is 0 Å². The molecule has 2 aromatic rings. The van der Waals surface area contributed by atoms with E-state index in [-0.39, 0.29) is 6.42 Å². The van der Waals surface area contributed by atoms with Crippen molar-refractivity contribution in [2.24, 2.45) is 0 Å². The van der Waals surface area contributed by atoms with E-state index in [1.807, 2.05) is 30.3 Å². The van der Waals surface area contributed by atoms with Gasteiger partial charge in [0.05, 0.1) is 25.3 Å². The van der Waals surface area contributed by atoms with E-state index in [1.165, 1.54) is 0 Å². The number of rotatable bonds is 4. The first-order valence-electron chi connectivity index (χ1n) is 6.00. The lowest BCUT2D eigenvalue weighted by Gasteiger charge is -2.13. The molecule has 2 rings (SSSR count). The van der Waals surface area contributed by atoms with E-state index in [4.69, 9.17) is 15.7 Å². The molecule has 0 aliphatic carbocycles. The number of hydrogen-bond acceptors (Lipinski definition) is 4. The van der Waals surface area contributed by atoms with Gasteiger partial charge in [0.15, 0.2) is 0 Å². The molecule has 4 nitrogen and oxygen atoms in total. The highest BCUT2D eigenvalue weighted by Crippen LogP contribution is 2.31. The largest absolute Gasteiger partial charge is 0.495 e. The van der Waals surface area contributed by atoms with Crippen molar-refractivity contribution in [3.63, 3.8) is 0 Å². The Kier molecular flexibility index (Phi) is 4.49. The zero-order chi connectivity index (χ0) is 14.5. The normalized spacial score (nSPS) is 9.85. The monoisotopic (exact) mass is 331 g/mol. The van der Waals surface area contributed by atoms with Crippen molar-refractivity contribution in [3.05, 3.63) is 46.4 Å². The zero-order valence-electron chi connectivity index (χ0n) is 11.0. The standard InChI is InChI=1S/C15H14BrN3O/c1-20-15-5-2-11(16)9-14(15)19-12-3-4-13(18)10(8-12)6-7-17/h2-5,8-9,19H,6,18H2,1H3. The first-order valence-corrected chi connectivity index (χ1v) is 6.79. The van der Waals surface area contributed by atoms with Crippen LogP contribution in [0, 0.1) is 11.3 Å². The van der Waals surface area contributed by atoms with Crippen molar-refractivity contribution < 1.29 is 4.74 Å². The van der Waals surface area contributed by atoms with Crippen LogP contribution in [0.5, 0.6) is 5.75 Å². The number of hydrogen-bond donors (Lipinski definition) is 2. The smallest absolute Gasteiger partial charge is 0.142 e. The Hall–Kier alpha value is -2.19. The third-order valence-corrected chi connectivity index (χ3v) is 3.35. The number of nitriles is 1. The third-order valence-electron chi connectivity index (χ3n) is 2.85. The van der Waals surface area contributed by atoms with Crippen LogP contribution < -0.4 is 15.8 Å². The third kappa shape index (κ3) is 3.22. The summed E-state index contributed by atoms with van der Waals surface area (Å²) in [7, 11) is 1.62. The van der Waals surface area contributed by atoms with Gasteiger partial charge in [-0.15, -0.1) is 0 Å². The molecule has 0 aliphatic rings. The summed E-state index contributed by atoms with van der Waals surface area (Å²) in [5.41, 5.74) is 8.98. The Morgan fingerprint density at radius 3 is 2.80 bits per heavy atom. The summed E-state index contributed by atoms with van der Waals surface area (Å²) >= 11 is 3.43. The summed E-state index contributed by atoms with van der Waals surface area (Å²) in [4.78, 5) is 0. The summed E-state index contributed by atoms with van der Waals surface area (Å²) in [6, 6.07) is 13.4. The van der Waals surface area contributed by atoms with E-state index in [9.17, 15) is 0 Å². The van der Waals surface area contributed by atoms with Gasteiger partial charge in [0.25, 0.3) is 0 Å². The number of nitrogens with two attached hydrogens (primary N) is 1. The molecule has 20 heavy (non-hydrogen) atoms. The Balaban J connectivity index is 2.33. The van der Waals surface area contributed by atoms with Crippen LogP contribution in [0.2, 0.25) is 0 Å². The van der Waals surface area contributed by atoms with E-state index in [1.54, 1.807) is 13.2 Å². The van der Waals surface area contributed by atoms with Crippen LogP contribution in [-0.2, 0) is 6.42 Å². The summed E-state index contributed by atoms with van der Waals surface area (Å²) in [6.45, 7) is 0. The minimum absolute atomic E-state index is 0.289. The highest BCUT2D eigenvalue weighted by molar-refractivity contribution is 9.10. The van der Waals surface area contributed by atoms with E-state index in [0.29, 0.717) is 5.69 Å². The first-order chi connectivity index (χ1) is 9.63. The minimum Gasteiger partial charge on any atom is -0.495 e. The Labute approximate surface area is 126 Å².